The first-order chi connectivity index (χ1) is 17.0. The summed E-state index contributed by atoms with van der Waals surface area (Å²) in [6.07, 6.45) is 0.782. The second kappa shape index (κ2) is 11.7. The van der Waals surface area contributed by atoms with Crippen molar-refractivity contribution in [1.82, 2.24) is 0 Å². The molecule has 1 heterocycles. The van der Waals surface area contributed by atoms with Crippen molar-refractivity contribution in [2.45, 2.75) is 19.1 Å². The van der Waals surface area contributed by atoms with Crippen molar-refractivity contribution >= 4 is 5.97 Å². The van der Waals surface area contributed by atoms with Gasteiger partial charge in [-0.2, -0.15) is 0 Å². The first-order valence-corrected chi connectivity index (χ1v) is 11.6. The smallest absolute Gasteiger partial charge is 0.366 e. The van der Waals surface area contributed by atoms with E-state index >= 15 is 0 Å². The van der Waals surface area contributed by atoms with Gasteiger partial charge in [-0.25, -0.2) is 4.79 Å². The second-order valence-electron chi connectivity index (χ2n) is 8.36. The summed E-state index contributed by atoms with van der Waals surface area (Å²) in [6.45, 7) is 3.30. The molecule has 0 N–H and O–H groups in total. The van der Waals surface area contributed by atoms with Crippen LogP contribution in [0.3, 0.4) is 0 Å². The van der Waals surface area contributed by atoms with E-state index in [0.29, 0.717) is 26.4 Å². The lowest BCUT2D eigenvalue weighted by Gasteiger charge is -2.35. The molecule has 184 valence electrons. The van der Waals surface area contributed by atoms with Gasteiger partial charge in [0.2, 0.25) is 0 Å². The minimum absolute atomic E-state index is 0.164. The Labute approximate surface area is 205 Å². The number of rotatable bonds is 10. The van der Waals surface area contributed by atoms with Gasteiger partial charge in [-0.05, 0) is 60.5 Å². The minimum atomic E-state index is -1.32. The molecule has 0 unspecified atom stereocenters. The van der Waals surface area contributed by atoms with Crippen LogP contribution in [0.25, 0.3) is 0 Å². The molecule has 0 aliphatic carbocycles. The van der Waals surface area contributed by atoms with Crippen molar-refractivity contribution in [3.63, 3.8) is 0 Å². The number of ether oxygens (including phenoxy) is 6. The molecule has 1 saturated heterocycles. The van der Waals surface area contributed by atoms with Crippen LogP contribution in [0.5, 0.6) is 23.0 Å². The molecule has 3 aromatic rings. The highest BCUT2D eigenvalue weighted by molar-refractivity contribution is 5.77. The molecule has 0 saturated carbocycles. The third kappa shape index (κ3) is 6.97. The standard InChI is InChI=1S/C28H30O7/c1-28(27(29)30-2)33-19-22(20-34-28)18-21-8-10-23(11-9-21)31-16-17-32-24-12-14-26(15-13-24)35-25-6-4-3-5-7-25/h3-15,22H,16-20H2,1-2H3. The lowest BCUT2D eigenvalue weighted by Crippen LogP contribution is -2.48. The second-order valence-corrected chi connectivity index (χ2v) is 8.36. The molecule has 4 rings (SSSR count). The zero-order chi connectivity index (χ0) is 24.5. The topological polar surface area (TPSA) is 72.5 Å². The van der Waals surface area contributed by atoms with Gasteiger partial charge in [0, 0.05) is 12.8 Å². The van der Waals surface area contributed by atoms with Crippen molar-refractivity contribution in [2.24, 2.45) is 5.92 Å². The highest BCUT2D eigenvalue weighted by Crippen LogP contribution is 2.26. The lowest BCUT2D eigenvalue weighted by atomic mass is 9.99. The predicted octanol–water partition coefficient (Wildman–Crippen LogP) is 5.03. The van der Waals surface area contributed by atoms with Gasteiger partial charge >= 0.3 is 5.97 Å². The molecule has 0 radical (unpaired) electrons. The van der Waals surface area contributed by atoms with Crippen molar-refractivity contribution < 1.29 is 33.2 Å². The van der Waals surface area contributed by atoms with Crippen LogP contribution < -0.4 is 14.2 Å². The predicted molar refractivity (Wildman–Crippen MR) is 130 cm³/mol. The Morgan fingerprint density at radius 3 is 1.89 bits per heavy atom. The number of esters is 1. The molecule has 0 amide bonds. The maximum atomic E-state index is 11.8. The Kier molecular flexibility index (Phi) is 8.23. The average Bonchev–Trinajstić information content (AvgIpc) is 2.90. The van der Waals surface area contributed by atoms with Crippen molar-refractivity contribution in [3.8, 4) is 23.0 Å². The summed E-state index contributed by atoms with van der Waals surface area (Å²) in [4.78, 5) is 11.8. The molecule has 0 spiro atoms. The number of para-hydroxylation sites is 1. The first kappa shape index (κ1) is 24.6. The van der Waals surface area contributed by atoms with Crippen molar-refractivity contribution in [2.75, 3.05) is 33.5 Å². The van der Waals surface area contributed by atoms with Gasteiger partial charge in [-0.1, -0.05) is 30.3 Å². The molecule has 0 bridgehead atoms. The van der Waals surface area contributed by atoms with E-state index in [-0.39, 0.29) is 5.92 Å². The van der Waals surface area contributed by atoms with Gasteiger partial charge in [0.25, 0.3) is 5.79 Å². The molecule has 35 heavy (non-hydrogen) atoms. The van der Waals surface area contributed by atoms with Crippen LogP contribution in [-0.4, -0.2) is 45.3 Å². The number of carbonyl (C=O) groups excluding carboxylic acids is 1. The maximum Gasteiger partial charge on any atom is 0.366 e. The zero-order valence-electron chi connectivity index (χ0n) is 20.0. The molecule has 0 atom stereocenters. The number of methoxy groups -OCH3 is 1. The van der Waals surface area contributed by atoms with E-state index in [9.17, 15) is 4.79 Å². The van der Waals surface area contributed by atoms with Crippen LogP contribution in [0.15, 0.2) is 78.9 Å². The fourth-order valence-corrected chi connectivity index (χ4v) is 3.67. The van der Waals surface area contributed by atoms with E-state index < -0.39 is 11.8 Å². The molecular weight excluding hydrogens is 448 g/mol. The van der Waals surface area contributed by atoms with Crippen LogP contribution in [0.1, 0.15) is 12.5 Å². The van der Waals surface area contributed by atoms with Crippen molar-refractivity contribution in [3.05, 3.63) is 84.4 Å². The first-order valence-electron chi connectivity index (χ1n) is 11.6. The average molecular weight is 479 g/mol. The number of hydrogen-bond acceptors (Lipinski definition) is 7. The van der Waals surface area contributed by atoms with E-state index in [2.05, 4.69) is 0 Å². The summed E-state index contributed by atoms with van der Waals surface area (Å²) in [5.74, 6) is 1.41. The lowest BCUT2D eigenvalue weighted by molar-refractivity contribution is -0.272. The van der Waals surface area contributed by atoms with Gasteiger partial charge in [0.1, 0.15) is 36.2 Å². The molecular formula is C28H30O7. The summed E-state index contributed by atoms with van der Waals surface area (Å²) in [6, 6.07) is 25.1. The van der Waals surface area contributed by atoms with E-state index in [1.807, 2.05) is 78.9 Å². The highest BCUT2D eigenvalue weighted by Gasteiger charge is 2.41. The SMILES string of the molecule is COC(=O)C1(C)OCC(Cc2ccc(OCCOc3ccc(Oc4ccccc4)cc3)cc2)CO1. The van der Waals surface area contributed by atoms with Gasteiger partial charge in [0.15, 0.2) is 0 Å². The summed E-state index contributed by atoms with van der Waals surface area (Å²) in [5.41, 5.74) is 1.14. The molecule has 0 aromatic heterocycles. The molecule has 1 fully saturated rings. The quantitative estimate of drug-likeness (QED) is 0.299. The van der Waals surface area contributed by atoms with Crippen LogP contribution in [0.2, 0.25) is 0 Å². The molecule has 3 aromatic carbocycles. The van der Waals surface area contributed by atoms with Gasteiger partial charge in [-0.3, -0.25) is 0 Å². The van der Waals surface area contributed by atoms with Crippen LogP contribution >= 0.6 is 0 Å². The number of hydrogen-bond donors (Lipinski definition) is 0. The molecule has 7 nitrogen and oxygen atoms in total. The highest BCUT2D eigenvalue weighted by atomic mass is 16.7. The Morgan fingerprint density at radius 1 is 0.800 bits per heavy atom. The van der Waals surface area contributed by atoms with E-state index in [0.717, 1.165) is 35.0 Å². The van der Waals surface area contributed by atoms with Gasteiger partial charge < -0.3 is 28.4 Å². The Morgan fingerprint density at radius 2 is 1.31 bits per heavy atom. The molecule has 1 aliphatic heterocycles. The Balaban J connectivity index is 1.15. The number of carbonyl (C=O) groups is 1. The van der Waals surface area contributed by atoms with Crippen molar-refractivity contribution in [1.29, 1.82) is 0 Å². The molecule has 1 aliphatic rings. The fourth-order valence-electron chi connectivity index (χ4n) is 3.67. The summed E-state index contributed by atoms with van der Waals surface area (Å²) < 4.78 is 33.3. The fraction of sp³-hybridized carbons (Fsp3) is 0.321. The van der Waals surface area contributed by atoms with E-state index in [4.69, 9.17) is 28.4 Å². The van der Waals surface area contributed by atoms with Gasteiger partial charge in [-0.15, -0.1) is 0 Å². The normalized spacial score (nSPS) is 19.5. The van der Waals surface area contributed by atoms with Crippen LogP contribution in [0, 0.1) is 5.92 Å². The minimum Gasteiger partial charge on any atom is -0.490 e. The van der Waals surface area contributed by atoms with Crippen LogP contribution in [0.4, 0.5) is 0 Å². The number of benzene rings is 3. The molecule has 7 heteroatoms. The Bertz CT molecular complexity index is 1060. The van der Waals surface area contributed by atoms with E-state index in [1.165, 1.54) is 7.11 Å². The third-order valence-corrected chi connectivity index (χ3v) is 5.62. The third-order valence-electron chi connectivity index (χ3n) is 5.62. The van der Waals surface area contributed by atoms with Crippen LogP contribution in [-0.2, 0) is 25.4 Å². The summed E-state index contributed by atoms with van der Waals surface area (Å²) >= 11 is 0. The summed E-state index contributed by atoms with van der Waals surface area (Å²) in [5, 5.41) is 0. The largest absolute Gasteiger partial charge is 0.490 e. The van der Waals surface area contributed by atoms with E-state index in [1.54, 1.807) is 6.92 Å². The Hall–Kier alpha value is -3.55. The maximum absolute atomic E-state index is 11.8. The zero-order valence-corrected chi connectivity index (χ0v) is 20.0. The van der Waals surface area contributed by atoms with Gasteiger partial charge in [0.05, 0.1) is 20.3 Å². The summed E-state index contributed by atoms with van der Waals surface area (Å²) in [7, 11) is 1.32. The monoisotopic (exact) mass is 478 g/mol.